The fourth-order valence-electron chi connectivity index (χ4n) is 3.90. The summed E-state index contributed by atoms with van der Waals surface area (Å²) in [5, 5.41) is 3.00. The quantitative estimate of drug-likeness (QED) is 0.838. The van der Waals surface area contributed by atoms with Gasteiger partial charge in [0.15, 0.2) is 0 Å². The second-order valence-electron chi connectivity index (χ2n) is 7.50. The Morgan fingerprint density at radius 2 is 1.63 bits per heavy atom. The van der Waals surface area contributed by atoms with Crippen molar-refractivity contribution in [2.75, 3.05) is 49.6 Å². The molecule has 2 aromatic carbocycles. The van der Waals surface area contributed by atoms with Crippen molar-refractivity contribution in [3.05, 3.63) is 54.3 Å². The molecule has 30 heavy (non-hydrogen) atoms. The van der Waals surface area contributed by atoms with E-state index in [2.05, 4.69) is 10.2 Å². The van der Waals surface area contributed by atoms with Crippen LogP contribution in [0.2, 0.25) is 0 Å². The molecule has 0 unspecified atom stereocenters. The number of halogens is 1. The van der Waals surface area contributed by atoms with Crippen LogP contribution in [0, 0.1) is 5.82 Å². The molecule has 158 valence electrons. The van der Waals surface area contributed by atoms with E-state index in [0.29, 0.717) is 32.7 Å². The molecule has 0 aliphatic carbocycles. The molecule has 0 radical (unpaired) electrons. The van der Waals surface area contributed by atoms with Gasteiger partial charge in [-0.2, -0.15) is 0 Å². The first-order valence-electron chi connectivity index (χ1n) is 10.0. The van der Waals surface area contributed by atoms with Gasteiger partial charge in [-0.15, -0.1) is 0 Å². The average Bonchev–Trinajstić information content (AvgIpc) is 3.14. The van der Waals surface area contributed by atoms with Gasteiger partial charge in [0.1, 0.15) is 11.6 Å². The van der Waals surface area contributed by atoms with Gasteiger partial charge in [0, 0.05) is 50.5 Å². The second-order valence-corrected chi connectivity index (χ2v) is 7.50. The molecule has 2 fully saturated rings. The number of amides is 3. The summed E-state index contributed by atoms with van der Waals surface area (Å²) in [6, 6.07) is 13.3. The Morgan fingerprint density at radius 3 is 2.27 bits per heavy atom. The van der Waals surface area contributed by atoms with Gasteiger partial charge in [-0.1, -0.05) is 0 Å². The molecule has 2 saturated heterocycles. The van der Waals surface area contributed by atoms with Crippen LogP contribution in [-0.2, 0) is 4.79 Å². The van der Waals surface area contributed by atoms with Crippen LogP contribution in [0.4, 0.5) is 20.6 Å². The molecule has 0 saturated carbocycles. The van der Waals surface area contributed by atoms with E-state index in [-0.39, 0.29) is 30.2 Å². The van der Waals surface area contributed by atoms with Crippen LogP contribution in [-0.4, -0.2) is 62.7 Å². The number of rotatable bonds is 4. The van der Waals surface area contributed by atoms with Crippen LogP contribution >= 0.6 is 0 Å². The fraction of sp³-hybridized carbons (Fsp3) is 0.364. The largest absolute Gasteiger partial charge is 0.497 e. The van der Waals surface area contributed by atoms with Crippen molar-refractivity contribution in [3.63, 3.8) is 0 Å². The van der Waals surface area contributed by atoms with Gasteiger partial charge in [-0.05, 0) is 48.5 Å². The van der Waals surface area contributed by atoms with Crippen LogP contribution < -0.4 is 19.9 Å². The minimum Gasteiger partial charge on any atom is -0.497 e. The highest BCUT2D eigenvalue weighted by atomic mass is 19.1. The van der Waals surface area contributed by atoms with Crippen molar-refractivity contribution >= 4 is 23.3 Å². The number of nitrogens with one attached hydrogen (secondary N) is 1. The summed E-state index contributed by atoms with van der Waals surface area (Å²) in [7, 11) is 1.60. The Hall–Kier alpha value is -3.29. The van der Waals surface area contributed by atoms with Gasteiger partial charge < -0.3 is 24.8 Å². The number of hydrogen-bond acceptors (Lipinski definition) is 4. The summed E-state index contributed by atoms with van der Waals surface area (Å²) < 4.78 is 18.3. The lowest BCUT2D eigenvalue weighted by atomic mass is 10.2. The molecular formula is C22H25FN4O3. The number of benzene rings is 2. The highest BCUT2D eigenvalue weighted by Crippen LogP contribution is 2.24. The highest BCUT2D eigenvalue weighted by Gasteiger charge is 2.33. The number of hydrogen-bond donors (Lipinski definition) is 1. The minimum atomic E-state index is -0.258. The third-order valence-corrected chi connectivity index (χ3v) is 5.60. The monoisotopic (exact) mass is 412 g/mol. The van der Waals surface area contributed by atoms with Crippen LogP contribution in [0.1, 0.15) is 6.42 Å². The van der Waals surface area contributed by atoms with Gasteiger partial charge >= 0.3 is 6.03 Å². The van der Waals surface area contributed by atoms with Crippen molar-refractivity contribution in [2.24, 2.45) is 0 Å². The first kappa shape index (κ1) is 20.0. The summed E-state index contributed by atoms with van der Waals surface area (Å²) in [6.07, 6.45) is 0.285. The summed E-state index contributed by atoms with van der Waals surface area (Å²) in [6.45, 7) is 2.96. The summed E-state index contributed by atoms with van der Waals surface area (Å²) in [4.78, 5) is 30.7. The predicted octanol–water partition coefficient (Wildman–Crippen LogP) is 2.47. The number of anilines is 2. The van der Waals surface area contributed by atoms with Gasteiger partial charge in [0.2, 0.25) is 5.91 Å². The van der Waals surface area contributed by atoms with Crippen molar-refractivity contribution in [1.82, 2.24) is 10.2 Å². The molecule has 8 heteroatoms. The summed E-state index contributed by atoms with van der Waals surface area (Å²) in [5.74, 6) is 0.466. The molecule has 1 N–H and O–H groups in total. The predicted molar refractivity (Wildman–Crippen MR) is 112 cm³/mol. The molecule has 2 heterocycles. The maximum absolute atomic E-state index is 13.1. The Kier molecular flexibility index (Phi) is 5.74. The molecule has 4 rings (SSSR count). The average molecular weight is 412 g/mol. The summed E-state index contributed by atoms with van der Waals surface area (Å²) >= 11 is 0. The highest BCUT2D eigenvalue weighted by molar-refractivity contribution is 5.96. The summed E-state index contributed by atoms with van der Waals surface area (Å²) in [5.41, 5.74) is 1.75. The number of carbonyl (C=O) groups excluding carboxylic acids is 2. The standard InChI is InChI=1S/C22H25FN4O3/c1-30-20-8-6-19(7-9-20)27-15-17(14-21(27)28)24-22(29)26-12-10-25(11-13-26)18-4-2-16(23)3-5-18/h2-9,17H,10-15H2,1H3,(H,24,29)/t17-/m1/s1. The number of carbonyl (C=O) groups is 2. The molecule has 2 aliphatic heterocycles. The smallest absolute Gasteiger partial charge is 0.317 e. The molecule has 0 spiro atoms. The van der Waals surface area contributed by atoms with E-state index in [0.717, 1.165) is 17.1 Å². The van der Waals surface area contributed by atoms with E-state index >= 15 is 0 Å². The molecule has 0 bridgehead atoms. The van der Waals surface area contributed by atoms with Crippen molar-refractivity contribution < 1.29 is 18.7 Å². The maximum atomic E-state index is 13.1. The van der Waals surface area contributed by atoms with Gasteiger partial charge in [0.05, 0.1) is 13.2 Å². The van der Waals surface area contributed by atoms with Crippen LogP contribution in [0.3, 0.4) is 0 Å². The zero-order valence-electron chi connectivity index (χ0n) is 16.9. The maximum Gasteiger partial charge on any atom is 0.317 e. The lowest BCUT2D eigenvalue weighted by Gasteiger charge is -2.36. The molecule has 3 amide bonds. The van der Waals surface area contributed by atoms with Crippen molar-refractivity contribution in [3.8, 4) is 5.75 Å². The molecule has 2 aliphatic rings. The fourth-order valence-corrected chi connectivity index (χ4v) is 3.90. The van der Waals surface area contributed by atoms with Gasteiger partial charge in [-0.3, -0.25) is 4.79 Å². The number of nitrogens with zero attached hydrogens (tertiary/aromatic N) is 3. The van der Waals surface area contributed by atoms with Crippen LogP contribution in [0.5, 0.6) is 5.75 Å². The Labute approximate surface area is 175 Å². The van der Waals surface area contributed by atoms with Crippen LogP contribution in [0.25, 0.3) is 0 Å². The van der Waals surface area contributed by atoms with Crippen molar-refractivity contribution in [1.29, 1.82) is 0 Å². The normalized spacial score (nSPS) is 19.2. The number of urea groups is 1. The van der Waals surface area contributed by atoms with Crippen molar-refractivity contribution in [2.45, 2.75) is 12.5 Å². The van der Waals surface area contributed by atoms with E-state index in [1.807, 2.05) is 24.3 Å². The van der Waals surface area contributed by atoms with E-state index < -0.39 is 0 Å². The third kappa shape index (κ3) is 4.32. The number of methoxy groups -OCH3 is 1. The van der Waals surface area contributed by atoms with E-state index in [9.17, 15) is 14.0 Å². The van der Waals surface area contributed by atoms with E-state index in [1.165, 1.54) is 12.1 Å². The zero-order valence-corrected chi connectivity index (χ0v) is 16.9. The Morgan fingerprint density at radius 1 is 1.00 bits per heavy atom. The lowest BCUT2D eigenvalue weighted by Crippen LogP contribution is -2.53. The Balaban J connectivity index is 1.29. The SMILES string of the molecule is COc1ccc(N2C[C@H](NC(=O)N3CCN(c4ccc(F)cc4)CC3)CC2=O)cc1. The van der Waals surface area contributed by atoms with Crippen LogP contribution in [0.15, 0.2) is 48.5 Å². The second kappa shape index (κ2) is 8.61. The zero-order chi connectivity index (χ0) is 21.1. The molecule has 2 aromatic rings. The molecular weight excluding hydrogens is 387 g/mol. The van der Waals surface area contributed by atoms with Gasteiger partial charge in [-0.25, -0.2) is 9.18 Å². The van der Waals surface area contributed by atoms with Gasteiger partial charge in [0.25, 0.3) is 0 Å². The third-order valence-electron chi connectivity index (χ3n) is 5.60. The molecule has 7 nitrogen and oxygen atoms in total. The minimum absolute atomic E-state index is 0.00778. The van der Waals surface area contributed by atoms with E-state index in [1.54, 1.807) is 29.0 Å². The molecule has 1 atom stereocenters. The first-order chi connectivity index (χ1) is 14.5. The number of piperazine rings is 1. The topological polar surface area (TPSA) is 65.1 Å². The lowest BCUT2D eigenvalue weighted by molar-refractivity contribution is -0.117. The molecule has 0 aromatic heterocycles. The Bertz CT molecular complexity index is 896. The first-order valence-corrected chi connectivity index (χ1v) is 10.0. The number of ether oxygens (including phenoxy) is 1. The van der Waals surface area contributed by atoms with E-state index in [4.69, 9.17) is 4.74 Å².